The first kappa shape index (κ1) is 16.4. The molecule has 1 nitrogen and oxygen atoms in total. The zero-order chi connectivity index (χ0) is 16.2. The van der Waals surface area contributed by atoms with Crippen LogP contribution in [-0.4, -0.2) is 11.2 Å². The van der Waals surface area contributed by atoms with Crippen LogP contribution in [-0.2, 0) is 0 Å². The van der Waals surface area contributed by atoms with Gasteiger partial charge in [-0.25, -0.2) is 0 Å². The maximum atomic E-state index is 10.1. The Morgan fingerprint density at radius 3 is 2.52 bits per heavy atom. The molecule has 0 saturated heterocycles. The largest absolute Gasteiger partial charge is 0.393 e. The van der Waals surface area contributed by atoms with Crippen LogP contribution in [0.25, 0.3) is 0 Å². The third-order valence-electron chi connectivity index (χ3n) is 9.33. The van der Waals surface area contributed by atoms with Gasteiger partial charge in [-0.2, -0.15) is 0 Å². The van der Waals surface area contributed by atoms with Crippen LogP contribution >= 0.6 is 0 Å². The lowest BCUT2D eigenvalue weighted by Gasteiger charge is -2.56. The minimum absolute atomic E-state index is 0.0166. The molecule has 4 rings (SSSR count). The van der Waals surface area contributed by atoms with Gasteiger partial charge in [0.25, 0.3) is 0 Å². The molecule has 0 radical (unpaired) electrons. The predicted octanol–water partition coefficient (Wildman–Crippen LogP) is 5.66. The predicted molar refractivity (Wildman–Crippen MR) is 96.1 cm³/mol. The Balaban J connectivity index is 1.54. The zero-order valence-corrected chi connectivity index (χ0v) is 15.6. The van der Waals surface area contributed by atoms with E-state index >= 15 is 0 Å². The fraction of sp³-hybridized carbons (Fsp3) is 1.00. The molecular weight excluding hydrogens is 280 g/mol. The Labute approximate surface area is 143 Å². The highest BCUT2D eigenvalue weighted by atomic mass is 16.3. The van der Waals surface area contributed by atoms with Crippen molar-refractivity contribution in [1.29, 1.82) is 0 Å². The molecule has 0 amide bonds. The second-order valence-corrected chi connectivity index (χ2v) is 10.0. The summed E-state index contributed by atoms with van der Waals surface area (Å²) in [6.07, 6.45) is 13.8. The number of hydrogen-bond acceptors (Lipinski definition) is 1. The minimum atomic E-state index is 0.0166. The molecule has 132 valence electrons. The number of aliphatic hydroxyl groups excluding tert-OH is 1. The van der Waals surface area contributed by atoms with E-state index in [1.54, 1.807) is 0 Å². The van der Waals surface area contributed by atoms with Crippen molar-refractivity contribution < 1.29 is 5.11 Å². The Morgan fingerprint density at radius 2 is 1.74 bits per heavy atom. The highest BCUT2D eigenvalue weighted by Gasteiger charge is 2.57. The van der Waals surface area contributed by atoms with Crippen LogP contribution in [0.2, 0.25) is 0 Å². The molecule has 0 aliphatic heterocycles. The maximum absolute atomic E-state index is 10.1. The van der Waals surface area contributed by atoms with Crippen molar-refractivity contribution in [3.05, 3.63) is 0 Å². The molecule has 4 aliphatic rings. The topological polar surface area (TPSA) is 20.2 Å². The normalized spacial score (nSPS) is 54.0. The van der Waals surface area contributed by atoms with E-state index in [1.807, 2.05) is 0 Å². The smallest absolute Gasteiger partial charge is 0.0543 e. The third kappa shape index (κ3) is 2.52. The van der Waals surface area contributed by atoms with E-state index in [-0.39, 0.29) is 6.10 Å². The summed E-state index contributed by atoms with van der Waals surface area (Å²) in [4.78, 5) is 0. The minimum Gasteiger partial charge on any atom is -0.393 e. The van der Waals surface area contributed by atoms with Crippen LogP contribution in [0.15, 0.2) is 0 Å². The van der Waals surface area contributed by atoms with Gasteiger partial charge < -0.3 is 5.11 Å². The van der Waals surface area contributed by atoms with Crippen LogP contribution < -0.4 is 0 Å². The second-order valence-electron chi connectivity index (χ2n) is 10.0. The van der Waals surface area contributed by atoms with E-state index in [0.29, 0.717) is 5.41 Å². The SMILES string of the molecule is CCC(C)C1CCC2C3CCC4CC(O)CCC4C3CC[C@@]12C. The summed E-state index contributed by atoms with van der Waals surface area (Å²) < 4.78 is 0. The van der Waals surface area contributed by atoms with Gasteiger partial charge >= 0.3 is 0 Å². The monoisotopic (exact) mass is 318 g/mol. The van der Waals surface area contributed by atoms with Crippen LogP contribution in [0.3, 0.4) is 0 Å². The van der Waals surface area contributed by atoms with E-state index in [9.17, 15) is 5.11 Å². The number of aliphatic hydroxyl groups is 1. The van der Waals surface area contributed by atoms with E-state index in [2.05, 4.69) is 20.8 Å². The Hall–Kier alpha value is -0.0400. The van der Waals surface area contributed by atoms with Crippen molar-refractivity contribution in [3.8, 4) is 0 Å². The summed E-state index contributed by atoms with van der Waals surface area (Å²) in [5.41, 5.74) is 0.650. The molecule has 0 bridgehead atoms. The van der Waals surface area contributed by atoms with Crippen LogP contribution in [0, 0.1) is 46.8 Å². The summed E-state index contributed by atoms with van der Waals surface area (Å²) in [5, 5.41) is 10.1. The molecule has 0 heterocycles. The lowest BCUT2D eigenvalue weighted by Crippen LogP contribution is -2.49. The standard InChI is InChI=1S/C22H38O/c1-4-14(2)20-9-10-21-19-7-5-15-13-16(23)6-8-17(15)18(19)11-12-22(20,21)3/h14-21,23H,4-13H2,1-3H3/t14?,15?,16?,17?,18?,19?,20?,21?,22-/m0/s1. The van der Waals surface area contributed by atoms with Gasteiger partial charge in [0.1, 0.15) is 0 Å². The van der Waals surface area contributed by atoms with Crippen molar-refractivity contribution in [2.24, 2.45) is 46.8 Å². The molecular formula is C22H38O. The number of rotatable bonds is 2. The average molecular weight is 319 g/mol. The van der Waals surface area contributed by atoms with Crippen molar-refractivity contribution in [2.75, 3.05) is 0 Å². The molecule has 0 aromatic heterocycles. The Kier molecular flexibility index (Phi) is 4.32. The molecule has 1 heteroatoms. The molecule has 4 saturated carbocycles. The van der Waals surface area contributed by atoms with E-state index in [1.165, 1.54) is 51.4 Å². The Bertz CT molecular complexity index is 432. The fourth-order valence-corrected chi connectivity index (χ4v) is 8.09. The van der Waals surface area contributed by atoms with Gasteiger partial charge in [0.15, 0.2) is 0 Å². The maximum Gasteiger partial charge on any atom is 0.0543 e. The molecule has 4 aliphatic carbocycles. The van der Waals surface area contributed by atoms with Gasteiger partial charge in [-0.05, 0) is 105 Å². The fourth-order valence-electron chi connectivity index (χ4n) is 8.09. The van der Waals surface area contributed by atoms with Gasteiger partial charge in [0, 0.05) is 0 Å². The third-order valence-corrected chi connectivity index (χ3v) is 9.33. The molecule has 0 spiro atoms. The molecule has 8 unspecified atom stereocenters. The molecule has 9 atom stereocenters. The summed E-state index contributed by atoms with van der Waals surface area (Å²) in [6, 6.07) is 0. The lowest BCUT2D eigenvalue weighted by molar-refractivity contribution is -0.0819. The van der Waals surface area contributed by atoms with Gasteiger partial charge in [0.2, 0.25) is 0 Å². The van der Waals surface area contributed by atoms with Crippen molar-refractivity contribution >= 4 is 0 Å². The summed E-state index contributed by atoms with van der Waals surface area (Å²) in [6.45, 7) is 7.59. The summed E-state index contributed by atoms with van der Waals surface area (Å²) in [7, 11) is 0. The quantitative estimate of drug-likeness (QED) is 0.696. The zero-order valence-electron chi connectivity index (χ0n) is 15.6. The van der Waals surface area contributed by atoms with Gasteiger partial charge in [-0.3, -0.25) is 0 Å². The molecule has 23 heavy (non-hydrogen) atoms. The highest BCUT2D eigenvalue weighted by molar-refractivity contribution is 5.06. The van der Waals surface area contributed by atoms with Crippen LogP contribution in [0.4, 0.5) is 0 Å². The van der Waals surface area contributed by atoms with Gasteiger partial charge in [-0.15, -0.1) is 0 Å². The van der Waals surface area contributed by atoms with E-state index < -0.39 is 0 Å². The highest BCUT2D eigenvalue weighted by Crippen LogP contribution is 2.65. The van der Waals surface area contributed by atoms with Crippen LogP contribution in [0.5, 0.6) is 0 Å². The van der Waals surface area contributed by atoms with Crippen molar-refractivity contribution in [2.45, 2.75) is 91.1 Å². The van der Waals surface area contributed by atoms with Gasteiger partial charge in [0.05, 0.1) is 6.10 Å². The van der Waals surface area contributed by atoms with Gasteiger partial charge in [-0.1, -0.05) is 27.2 Å². The summed E-state index contributed by atoms with van der Waals surface area (Å²) >= 11 is 0. The number of hydrogen-bond donors (Lipinski definition) is 1. The van der Waals surface area contributed by atoms with Crippen molar-refractivity contribution in [3.63, 3.8) is 0 Å². The average Bonchev–Trinajstić information content (AvgIpc) is 2.90. The van der Waals surface area contributed by atoms with Crippen LogP contribution in [0.1, 0.15) is 85.0 Å². The molecule has 0 aromatic rings. The second kappa shape index (κ2) is 6.04. The Morgan fingerprint density at radius 1 is 0.957 bits per heavy atom. The first-order valence-corrected chi connectivity index (χ1v) is 10.7. The van der Waals surface area contributed by atoms with Crippen molar-refractivity contribution in [1.82, 2.24) is 0 Å². The molecule has 0 aromatic carbocycles. The molecule has 4 fully saturated rings. The summed E-state index contributed by atoms with van der Waals surface area (Å²) in [5.74, 6) is 6.79. The first-order chi connectivity index (χ1) is 11.0. The molecule has 1 N–H and O–H groups in total. The van der Waals surface area contributed by atoms with E-state index in [0.717, 1.165) is 54.3 Å². The first-order valence-electron chi connectivity index (χ1n) is 10.7. The number of fused-ring (bicyclic) bond motifs is 5. The lowest BCUT2D eigenvalue weighted by atomic mass is 9.49. The van der Waals surface area contributed by atoms with E-state index in [4.69, 9.17) is 0 Å².